The van der Waals surface area contributed by atoms with Gasteiger partial charge in [0.1, 0.15) is 0 Å². The molecule has 1 atom stereocenters. The van der Waals surface area contributed by atoms with E-state index >= 15 is 0 Å². The van der Waals surface area contributed by atoms with Gasteiger partial charge in [0.2, 0.25) is 0 Å². The van der Waals surface area contributed by atoms with Crippen LogP contribution in [-0.4, -0.2) is 46.0 Å². The summed E-state index contributed by atoms with van der Waals surface area (Å²) in [5.41, 5.74) is 7.69. The van der Waals surface area contributed by atoms with Gasteiger partial charge in [-0.15, -0.1) is 0 Å². The molecule has 1 fully saturated rings. The Morgan fingerprint density at radius 1 is 1.40 bits per heavy atom. The monoisotopic (exact) mass is 297 g/mol. The lowest BCUT2D eigenvalue weighted by Crippen LogP contribution is -2.35. The maximum Gasteiger partial charge on any atom is 0.251 e. The van der Waals surface area contributed by atoms with Crippen molar-refractivity contribution in [3.63, 3.8) is 0 Å². The van der Waals surface area contributed by atoms with Crippen LogP contribution in [0.5, 0.6) is 0 Å². The standard InChI is InChI=1S/C13H19N3O3S/c1-16(2)12-4-3-9(7-11(12)14)13(17)15-10-5-6-20(18,19)8-10/h3-4,7,10H,5-6,8,14H2,1-2H3,(H,15,17). The maximum atomic E-state index is 12.1. The molecule has 1 unspecified atom stereocenters. The number of sulfone groups is 1. The molecule has 110 valence electrons. The summed E-state index contributed by atoms with van der Waals surface area (Å²) in [6.45, 7) is 0. The molecule has 0 aliphatic carbocycles. The summed E-state index contributed by atoms with van der Waals surface area (Å²) in [5.74, 6) is -0.131. The van der Waals surface area contributed by atoms with Gasteiger partial charge in [0.15, 0.2) is 9.84 Å². The van der Waals surface area contributed by atoms with Gasteiger partial charge in [-0.1, -0.05) is 0 Å². The van der Waals surface area contributed by atoms with Crippen LogP contribution in [0.15, 0.2) is 18.2 Å². The van der Waals surface area contributed by atoms with Gasteiger partial charge in [-0.25, -0.2) is 8.42 Å². The first-order valence-corrected chi connectivity index (χ1v) is 8.19. The van der Waals surface area contributed by atoms with E-state index in [0.717, 1.165) is 5.69 Å². The predicted octanol–water partition coefficient (Wildman–Crippen LogP) is 0.252. The van der Waals surface area contributed by atoms with Gasteiger partial charge in [0.05, 0.1) is 22.9 Å². The van der Waals surface area contributed by atoms with Crippen molar-refractivity contribution in [3.8, 4) is 0 Å². The Labute approximate surface area is 118 Å². The van der Waals surface area contributed by atoms with Crippen molar-refractivity contribution in [2.75, 3.05) is 36.2 Å². The van der Waals surface area contributed by atoms with Gasteiger partial charge in [0.25, 0.3) is 5.91 Å². The number of nitrogens with two attached hydrogens (primary N) is 1. The molecule has 1 amide bonds. The average molecular weight is 297 g/mol. The number of anilines is 2. The van der Waals surface area contributed by atoms with Crippen LogP contribution in [-0.2, 0) is 9.84 Å². The van der Waals surface area contributed by atoms with Crippen molar-refractivity contribution in [2.45, 2.75) is 12.5 Å². The summed E-state index contributed by atoms with van der Waals surface area (Å²) >= 11 is 0. The molecule has 1 heterocycles. The van der Waals surface area contributed by atoms with E-state index in [9.17, 15) is 13.2 Å². The second-order valence-electron chi connectivity index (χ2n) is 5.24. The van der Waals surface area contributed by atoms with Crippen LogP contribution in [0.2, 0.25) is 0 Å². The van der Waals surface area contributed by atoms with Gasteiger partial charge in [0, 0.05) is 25.7 Å². The predicted molar refractivity (Wildman–Crippen MR) is 79.7 cm³/mol. The third kappa shape index (κ3) is 3.22. The van der Waals surface area contributed by atoms with E-state index in [2.05, 4.69) is 5.32 Å². The first-order chi connectivity index (χ1) is 9.28. The third-order valence-corrected chi connectivity index (χ3v) is 5.11. The summed E-state index contributed by atoms with van der Waals surface area (Å²) in [4.78, 5) is 13.9. The number of hydrogen-bond donors (Lipinski definition) is 2. The lowest BCUT2D eigenvalue weighted by Gasteiger charge is -2.16. The Kier molecular flexibility index (Phi) is 3.89. The lowest BCUT2D eigenvalue weighted by atomic mass is 10.1. The highest BCUT2D eigenvalue weighted by Crippen LogP contribution is 2.22. The number of carbonyl (C=O) groups excluding carboxylic acids is 1. The van der Waals surface area contributed by atoms with E-state index in [4.69, 9.17) is 5.73 Å². The first-order valence-electron chi connectivity index (χ1n) is 6.36. The second kappa shape index (κ2) is 5.32. The van der Waals surface area contributed by atoms with E-state index in [1.54, 1.807) is 18.2 Å². The number of hydrogen-bond acceptors (Lipinski definition) is 5. The lowest BCUT2D eigenvalue weighted by molar-refractivity contribution is 0.0941. The Bertz CT molecular complexity index is 626. The topological polar surface area (TPSA) is 92.5 Å². The summed E-state index contributed by atoms with van der Waals surface area (Å²) in [6, 6.07) is 4.76. The number of nitrogen functional groups attached to an aromatic ring is 1. The SMILES string of the molecule is CN(C)c1ccc(C(=O)NC2CCS(=O)(=O)C2)cc1N. The highest BCUT2D eigenvalue weighted by atomic mass is 32.2. The average Bonchev–Trinajstić information content (AvgIpc) is 2.68. The molecule has 20 heavy (non-hydrogen) atoms. The van der Waals surface area contributed by atoms with Gasteiger partial charge in [-0.05, 0) is 24.6 Å². The largest absolute Gasteiger partial charge is 0.397 e. The van der Waals surface area contributed by atoms with Crippen LogP contribution >= 0.6 is 0 Å². The molecule has 0 aromatic heterocycles. The Morgan fingerprint density at radius 3 is 2.60 bits per heavy atom. The summed E-state index contributed by atoms with van der Waals surface area (Å²) < 4.78 is 22.7. The molecule has 3 N–H and O–H groups in total. The van der Waals surface area contributed by atoms with Gasteiger partial charge in [-0.3, -0.25) is 4.79 Å². The third-order valence-electron chi connectivity index (χ3n) is 3.34. The molecule has 6 nitrogen and oxygen atoms in total. The van der Waals surface area contributed by atoms with Crippen molar-refractivity contribution >= 4 is 27.1 Å². The molecule has 1 aromatic rings. The smallest absolute Gasteiger partial charge is 0.251 e. The van der Waals surface area contributed by atoms with Crippen LogP contribution in [0.3, 0.4) is 0 Å². The van der Waals surface area contributed by atoms with Crippen molar-refractivity contribution in [1.29, 1.82) is 0 Å². The molecule has 0 saturated carbocycles. The summed E-state index contributed by atoms with van der Waals surface area (Å²) in [6.07, 6.45) is 0.472. The quantitative estimate of drug-likeness (QED) is 0.780. The number of benzene rings is 1. The molecule has 0 bridgehead atoms. The fourth-order valence-electron chi connectivity index (χ4n) is 2.28. The van der Waals surface area contributed by atoms with E-state index in [-0.39, 0.29) is 23.5 Å². The van der Waals surface area contributed by atoms with Crippen LogP contribution in [0.25, 0.3) is 0 Å². The number of carbonyl (C=O) groups is 1. The molecule has 2 rings (SSSR count). The second-order valence-corrected chi connectivity index (χ2v) is 7.47. The molecule has 1 aliphatic rings. The van der Waals surface area contributed by atoms with Gasteiger partial charge < -0.3 is 16.0 Å². The molecule has 0 radical (unpaired) electrons. The zero-order chi connectivity index (χ0) is 14.9. The molecule has 1 saturated heterocycles. The minimum absolute atomic E-state index is 0.0179. The van der Waals surface area contributed by atoms with Crippen LogP contribution < -0.4 is 16.0 Å². The fraction of sp³-hybridized carbons (Fsp3) is 0.462. The first kappa shape index (κ1) is 14.6. The number of rotatable bonds is 3. The minimum Gasteiger partial charge on any atom is -0.397 e. The molecular formula is C13H19N3O3S. The van der Waals surface area contributed by atoms with E-state index in [1.165, 1.54) is 0 Å². The van der Waals surface area contributed by atoms with Crippen molar-refractivity contribution < 1.29 is 13.2 Å². The normalized spacial score (nSPS) is 20.6. The number of nitrogens with one attached hydrogen (secondary N) is 1. The minimum atomic E-state index is -3.00. The summed E-state index contributed by atoms with van der Waals surface area (Å²) in [7, 11) is 0.744. The molecule has 7 heteroatoms. The highest BCUT2D eigenvalue weighted by Gasteiger charge is 2.29. The highest BCUT2D eigenvalue weighted by molar-refractivity contribution is 7.91. The fourth-order valence-corrected chi connectivity index (χ4v) is 3.95. The van der Waals surface area contributed by atoms with Crippen molar-refractivity contribution in [1.82, 2.24) is 5.32 Å². The van der Waals surface area contributed by atoms with Crippen LogP contribution in [0.1, 0.15) is 16.8 Å². The molecular weight excluding hydrogens is 278 g/mol. The zero-order valence-electron chi connectivity index (χ0n) is 11.6. The van der Waals surface area contributed by atoms with Crippen LogP contribution in [0.4, 0.5) is 11.4 Å². The maximum absolute atomic E-state index is 12.1. The van der Waals surface area contributed by atoms with Gasteiger partial charge >= 0.3 is 0 Å². The Balaban J connectivity index is 2.09. The Hall–Kier alpha value is -1.76. The van der Waals surface area contributed by atoms with Gasteiger partial charge in [-0.2, -0.15) is 0 Å². The number of amides is 1. The van der Waals surface area contributed by atoms with E-state index < -0.39 is 9.84 Å². The zero-order valence-corrected chi connectivity index (χ0v) is 12.4. The molecule has 1 aromatic carbocycles. The van der Waals surface area contributed by atoms with Crippen LogP contribution in [0, 0.1) is 0 Å². The Morgan fingerprint density at radius 2 is 2.10 bits per heavy atom. The van der Waals surface area contributed by atoms with E-state index in [1.807, 2.05) is 19.0 Å². The van der Waals surface area contributed by atoms with E-state index in [0.29, 0.717) is 17.7 Å². The van der Waals surface area contributed by atoms with Crippen molar-refractivity contribution in [2.24, 2.45) is 0 Å². The van der Waals surface area contributed by atoms with Crippen molar-refractivity contribution in [3.05, 3.63) is 23.8 Å². The molecule has 1 aliphatic heterocycles. The summed E-state index contributed by atoms with van der Waals surface area (Å²) in [5, 5.41) is 2.74. The number of nitrogens with zero attached hydrogens (tertiary/aromatic N) is 1. The molecule has 0 spiro atoms.